The minimum Gasteiger partial charge on any atom is -0.372 e. The highest BCUT2D eigenvalue weighted by Gasteiger charge is 2.18. The van der Waals surface area contributed by atoms with E-state index < -0.39 is 8.46 Å². The summed E-state index contributed by atoms with van der Waals surface area (Å²) in [5.74, 6) is 0.873. The Labute approximate surface area is 157 Å². The fraction of sp³-hybridized carbons (Fsp3) is 0.650. The third-order valence-electron chi connectivity index (χ3n) is 4.17. The molecule has 0 heterocycles. The van der Waals surface area contributed by atoms with E-state index >= 15 is 0 Å². The minimum absolute atomic E-state index is 0.268. The summed E-state index contributed by atoms with van der Waals surface area (Å²) in [5, 5.41) is 0. The predicted octanol–water partition coefficient (Wildman–Crippen LogP) is 6.21. The molecule has 0 bridgehead atoms. The lowest BCUT2D eigenvalue weighted by molar-refractivity contribution is 0.102. The van der Waals surface area contributed by atoms with E-state index in [0.29, 0.717) is 5.75 Å². The molecule has 1 aromatic rings. The third kappa shape index (κ3) is 7.18. The Morgan fingerprint density at radius 2 is 1.67 bits per heavy atom. The number of aryl methyl sites for hydroxylation is 1. The van der Waals surface area contributed by atoms with Gasteiger partial charge in [0.15, 0.2) is 5.78 Å². The summed E-state index contributed by atoms with van der Waals surface area (Å²) in [6.07, 6.45) is 10.0. The molecule has 0 spiro atoms. The number of halogens is 1. The van der Waals surface area contributed by atoms with Crippen LogP contribution in [0.1, 0.15) is 62.4 Å². The van der Waals surface area contributed by atoms with Crippen molar-refractivity contribution in [3.8, 4) is 0 Å². The maximum Gasteiger partial charge on any atom is 0.172 e. The highest BCUT2D eigenvalue weighted by atomic mass is 79.9. The Bertz CT molecular complexity index is 517. The number of benzene rings is 1. The van der Waals surface area contributed by atoms with Crippen LogP contribution in [-0.2, 0) is 6.42 Å². The van der Waals surface area contributed by atoms with Gasteiger partial charge >= 0.3 is 0 Å². The standard InChI is InChI=1S/C20H34BrNOS/c1-6-9-13-22(14-10-7-2)18-11-12-19(17(8-3)15-18)20(23)16-24(4,5)21/h11-12,15H,6-10,13-14,16H2,1-5H3. The summed E-state index contributed by atoms with van der Waals surface area (Å²) >= 11 is 3.67. The first-order valence-corrected chi connectivity index (χ1v) is 13.6. The van der Waals surface area contributed by atoms with E-state index in [1.165, 1.54) is 36.9 Å². The quantitative estimate of drug-likeness (QED) is 0.400. The second kappa shape index (κ2) is 10.5. The molecule has 0 aliphatic carbocycles. The molecule has 0 unspecified atom stereocenters. The highest BCUT2D eigenvalue weighted by Crippen LogP contribution is 2.48. The molecule has 0 aromatic heterocycles. The van der Waals surface area contributed by atoms with Gasteiger partial charge in [-0.3, -0.25) is 4.79 Å². The number of rotatable bonds is 11. The lowest BCUT2D eigenvalue weighted by Crippen LogP contribution is -2.26. The predicted molar refractivity (Wildman–Crippen MR) is 115 cm³/mol. The van der Waals surface area contributed by atoms with Gasteiger partial charge in [-0.15, -0.1) is 0 Å². The van der Waals surface area contributed by atoms with Gasteiger partial charge in [0, 0.05) is 30.1 Å². The van der Waals surface area contributed by atoms with Crippen molar-refractivity contribution in [3.05, 3.63) is 29.3 Å². The van der Waals surface area contributed by atoms with Crippen LogP contribution in [0.5, 0.6) is 0 Å². The van der Waals surface area contributed by atoms with Crippen LogP contribution in [0.15, 0.2) is 18.2 Å². The van der Waals surface area contributed by atoms with Gasteiger partial charge < -0.3 is 4.90 Å². The van der Waals surface area contributed by atoms with Crippen molar-refractivity contribution in [3.63, 3.8) is 0 Å². The number of carbonyl (C=O) groups is 1. The molecule has 0 amide bonds. The molecule has 0 saturated carbocycles. The Balaban J connectivity index is 3.03. The van der Waals surface area contributed by atoms with Gasteiger partial charge in [-0.25, -0.2) is 0 Å². The van der Waals surface area contributed by atoms with Gasteiger partial charge in [-0.2, -0.15) is 8.46 Å². The fourth-order valence-corrected chi connectivity index (χ4v) is 4.20. The van der Waals surface area contributed by atoms with E-state index in [1.807, 2.05) is 0 Å². The Kier molecular flexibility index (Phi) is 9.43. The Hall–Kier alpha value is -0.480. The number of Topliss-reactive ketones (excluding diaryl/α,β-unsaturated/α-hetero) is 1. The molecule has 0 saturated heterocycles. The summed E-state index contributed by atoms with van der Waals surface area (Å²) in [7, 11) is -0.994. The van der Waals surface area contributed by atoms with E-state index in [0.717, 1.165) is 25.1 Å². The monoisotopic (exact) mass is 415 g/mol. The summed E-state index contributed by atoms with van der Waals surface area (Å²) in [6, 6.07) is 6.45. The van der Waals surface area contributed by atoms with Crippen molar-refractivity contribution in [1.82, 2.24) is 0 Å². The molecule has 1 aromatic carbocycles. The van der Waals surface area contributed by atoms with E-state index in [-0.39, 0.29) is 5.78 Å². The summed E-state index contributed by atoms with van der Waals surface area (Å²) < 4.78 is 0. The lowest BCUT2D eigenvalue weighted by Gasteiger charge is -2.26. The highest BCUT2D eigenvalue weighted by molar-refractivity contribution is 9.58. The molecule has 2 nitrogen and oxygen atoms in total. The molecule has 1 rings (SSSR count). The number of anilines is 1. The smallest absolute Gasteiger partial charge is 0.172 e. The van der Waals surface area contributed by atoms with Crippen molar-refractivity contribution in [2.45, 2.75) is 52.9 Å². The number of carbonyl (C=O) groups excluding carboxylic acids is 1. The van der Waals surface area contributed by atoms with E-state index in [9.17, 15) is 4.79 Å². The van der Waals surface area contributed by atoms with Gasteiger partial charge in [0.25, 0.3) is 0 Å². The summed E-state index contributed by atoms with van der Waals surface area (Å²) in [5.41, 5.74) is 3.37. The minimum atomic E-state index is -0.994. The maximum absolute atomic E-state index is 12.6. The average Bonchev–Trinajstić information content (AvgIpc) is 2.52. The van der Waals surface area contributed by atoms with Crippen molar-refractivity contribution >= 4 is 34.7 Å². The average molecular weight is 416 g/mol. The van der Waals surface area contributed by atoms with Crippen molar-refractivity contribution in [1.29, 1.82) is 0 Å². The summed E-state index contributed by atoms with van der Waals surface area (Å²) in [6.45, 7) is 8.82. The fourth-order valence-electron chi connectivity index (χ4n) is 2.80. The van der Waals surface area contributed by atoms with Crippen molar-refractivity contribution in [2.75, 3.05) is 36.3 Å². The van der Waals surface area contributed by atoms with Crippen LogP contribution in [0.3, 0.4) is 0 Å². The summed E-state index contributed by atoms with van der Waals surface area (Å²) in [4.78, 5) is 15.1. The zero-order chi connectivity index (χ0) is 18.2. The zero-order valence-corrected chi connectivity index (χ0v) is 18.4. The molecule has 0 fully saturated rings. The number of hydrogen-bond acceptors (Lipinski definition) is 2. The van der Waals surface area contributed by atoms with Crippen LogP contribution in [0.25, 0.3) is 0 Å². The normalized spacial score (nSPS) is 12.2. The van der Waals surface area contributed by atoms with Crippen LogP contribution in [0.2, 0.25) is 0 Å². The van der Waals surface area contributed by atoms with Crippen molar-refractivity contribution < 1.29 is 4.79 Å². The van der Waals surface area contributed by atoms with Crippen LogP contribution in [0, 0.1) is 0 Å². The first-order valence-electron chi connectivity index (χ1n) is 9.14. The third-order valence-corrected chi connectivity index (χ3v) is 5.81. The molecule has 0 aliphatic heterocycles. The number of hydrogen-bond donors (Lipinski definition) is 0. The van der Waals surface area contributed by atoms with E-state index in [2.05, 4.69) is 71.2 Å². The molecule has 0 aliphatic rings. The van der Waals surface area contributed by atoms with Crippen molar-refractivity contribution in [2.24, 2.45) is 0 Å². The van der Waals surface area contributed by atoms with Crippen LogP contribution >= 0.6 is 23.3 Å². The van der Waals surface area contributed by atoms with E-state index in [4.69, 9.17) is 0 Å². The molecule has 0 atom stereocenters. The number of ketones is 1. The van der Waals surface area contributed by atoms with Gasteiger partial charge in [-0.05, 0) is 70.3 Å². The van der Waals surface area contributed by atoms with Crippen LogP contribution < -0.4 is 4.90 Å². The lowest BCUT2D eigenvalue weighted by atomic mass is 10.0. The molecule has 138 valence electrons. The van der Waals surface area contributed by atoms with Gasteiger partial charge in [-0.1, -0.05) is 33.6 Å². The van der Waals surface area contributed by atoms with Gasteiger partial charge in [0.05, 0.1) is 0 Å². The second-order valence-corrected chi connectivity index (χ2v) is 15.2. The first kappa shape index (κ1) is 21.6. The van der Waals surface area contributed by atoms with Gasteiger partial charge in [0.2, 0.25) is 0 Å². The molecule has 0 radical (unpaired) electrons. The Morgan fingerprint density at radius 1 is 1.08 bits per heavy atom. The molecule has 0 N–H and O–H groups in total. The molecule has 24 heavy (non-hydrogen) atoms. The second-order valence-electron chi connectivity index (χ2n) is 6.86. The van der Waals surface area contributed by atoms with Crippen LogP contribution in [0.4, 0.5) is 5.69 Å². The van der Waals surface area contributed by atoms with E-state index in [1.54, 1.807) is 0 Å². The number of unbranched alkanes of at least 4 members (excludes halogenated alkanes) is 2. The largest absolute Gasteiger partial charge is 0.372 e. The number of nitrogens with zero attached hydrogens (tertiary/aromatic N) is 1. The molecule has 4 heteroatoms. The topological polar surface area (TPSA) is 20.3 Å². The zero-order valence-electron chi connectivity index (χ0n) is 16.0. The molecular formula is C20H34BrNOS. The first-order chi connectivity index (χ1) is 11.3. The maximum atomic E-state index is 12.6. The van der Waals surface area contributed by atoms with Crippen LogP contribution in [-0.4, -0.2) is 37.1 Å². The SMILES string of the molecule is CCCCN(CCCC)c1ccc(C(=O)CS(C)(C)Br)c(CC)c1. The van der Waals surface area contributed by atoms with Gasteiger partial charge in [0.1, 0.15) is 0 Å². The Morgan fingerprint density at radius 3 is 2.12 bits per heavy atom. The molecular weight excluding hydrogens is 382 g/mol.